The molecule has 0 bridgehead atoms. The van der Waals surface area contributed by atoms with Gasteiger partial charge in [0.15, 0.2) is 0 Å². The largest absolute Gasteiger partial charge is 0.310 e. The van der Waals surface area contributed by atoms with Crippen LogP contribution in [0.5, 0.6) is 0 Å². The Balaban J connectivity index is 1.42. The minimum Gasteiger partial charge on any atom is -0.310 e. The highest BCUT2D eigenvalue weighted by Crippen LogP contribution is 2.62. The zero-order valence-corrected chi connectivity index (χ0v) is 39.4. The average Bonchev–Trinajstić information content (AvgIpc) is 3.50. The lowest BCUT2D eigenvalue weighted by molar-refractivity contribution is 0.590. The standard InChI is InChI=1S/C55H62N2Si2/c1-53(2,3)39-27-31-43(32-28-39)56(41-21-15-13-16-22-41)45-35-36-48-49(37-45)55(58(7,8)9,59(10,11)12)50-38-51(46-25-19-20-26-47(46)52(48)50)57(42-23-17-14-18-24-42)44-33-29-40(30-34-44)54(4,5)6/h13-38H,1-12H3. The van der Waals surface area contributed by atoms with Crippen LogP contribution in [0.15, 0.2) is 158 Å². The van der Waals surface area contributed by atoms with Gasteiger partial charge < -0.3 is 9.80 Å². The summed E-state index contributed by atoms with van der Waals surface area (Å²) in [4.78, 5) is 4.98. The fourth-order valence-electron chi connectivity index (χ4n) is 10.5. The second-order valence-corrected chi connectivity index (χ2v) is 31.8. The number of benzene rings is 7. The Bertz CT molecular complexity index is 2600. The molecular formula is C55H62N2Si2. The molecular weight excluding hydrogens is 745 g/mol. The molecule has 0 spiro atoms. The van der Waals surface area contributed by atoms with Crippen LogP contribution in [-0.4, -0.2) is 16.1 Å². The normalized spacial score (nSPS) is 13.9. The number of para-hydroxylation sites is 2. The van der Waals surface area contributed by atoms with Crippen LogP contribution in [-0.2, 0) is 15.5 Å². The van der Waals surface area contributed by atoms with Crippen molar-refractivity contribution in [2.75, 3.05) is 9.80 Å². The molecule has 8 rings (SSSR count). The first-order valence-electron chi connectivity index (χ1n) is 21.4. The maximum Gasteiger partial charge on any atom is 0.0579 e. The van der Waals surface area contributed by atoms with Crippen LogP contribution in [0.4, 0.5) is 34.1 Å². The van der Waals surface area contributed by atoms with E-state index in [-0.39, 0.29) is 15.5 Å². The summed E-state index contributed by atoms with van der Waals surface area (Å²) < 4.78 is -0.0869. The van der Waals surface area contributed by atoms with Gasteiger partial charge in [0, 0.05) is 38.5 Å². The first-order chi connectivity index (χ1) is 27.8. The molecule has 0 fully saturated rings. The van der Waals surface area contributed by atoms with Crippen LogP contribution in [0.3, 0.4) is 0 Å². The third kappa shape index (κ3) is 6.88. The van der Waals surface area contributed by atoms with Gasteiger partial charge in [0.25, 0.3) is 0 Å². The second-order valence-electron chi connectivity index (χ2n) is 20.8. The number of hydrogen-bond donors (Lipinski definition) is 0. The zero-order valence-electron chi connectivity index (χ0n) is 37.4. The summed E-state index contributed by atoms with van der Waals surface area (Å²) in [6.45, 7) is 29.5. The number of rotatable bonds is 8. The minimum absolute atomic E-state index is 0.0707. The molecule has 7 aromatic carbocycles. The van der Waals surface area contributed by atoms with E-state index in [0.29, 0.717) is 0 Å². The highest BCUT2D eigenvalue weighted by Gasteiger charge is 2.59. The summed E-state index contributed by atoms with van der Waals surface area (Å²) in [7, 11) is -4.13. The predicted octanol–water partition coefficient (Wildman–Crippen LogP) is 16.4. The van der Waals surface area contributed by atoms with E-state index in [1.165, 1.54) is 78.3 Å². The molecule has 59 heavy (non-hydrogen) atoms. The van der Waals surface area contributed by atoms with E-state index in [4.69, 9.17) is 0 Å². The monoisotopic (exact) mass is 806 g/mol. The molecule has 0 aliphatic heterocycles. The summed E-state index contributed by atoms with van der Waals surface area (Å²) >= 11 is 0. The van der Waals surface area contributed by atoms with Crippen molar-refractivity contribution >= 4 is 61.0 Å². The molecule has 0 amide bonds. The molecule has 0 aromatic heterocycles. The van der Waals surface area contributed by atoms with Crippen LogP contribution in [0.1, 0.15) is 63.8 Å². The van der Waals surface area contributed by atoms with E-state index in [0.717, 1.165) is 0 Å². The highest BCUT2D eigenvalue weighted by atomic mass is 28.4. The summed E-state index contributed by atoms with van der Waals surface area (Å²) in [5.41, 5.74) is 15.8. The van der Waals surface area contributed by atoms with Gasteiger partial charge in [-0.15, -0.1) is 0 Å². The Labute approximate surface area is 356 Å². The van der Waals surface area contributed by atoms with E-state index < -0.39 is 16.1 Å². The molecule has 2 nitrogen and oxygen atoms in total. The van der Waals surface area contributed by atoms with Crippen molar-refractivity contribution in [1.29, 1.82) is 0 Å². The van der Waals surface area contributed by atoms with Crippen molar-refractivity contribution in [3.8, 4) is 11.1 Å². The molecule has 4 heteroatoms. The molecule has 300 valence electrons. The molecule has 0 N–H and O–H groups in total. The van der Waals surface area contributed by atoms with Crippen LogP contribution in [0.25, 0.3) is 21.9 Å². The van der Waals surface area contributed by atoms with Gasteiger partial charge in [0.05, 0.1) is 21.8 Å². The Morgan fingerprint density at radius 3 is 1.27 bits per heavy atom. The topological polar surface area (TPSA) is 6.48 Å². The number of hydrogen-bond acceptors (Lipinski definition) is 2. The fraction of sp³-hybridized carbons (Fsp3) is 0.273. The van der Waals surface area contributed by atoms with E-state index in [2.05, 4.69) is 248 Å². The van der Waals surface area contributed by atoms with Crippen molar-refractivity contribution in [1.82, 2.24) is 0 Å². The minimum atomic E-state index is -2.06. The Morgan fingerprint density at radius 2 is 0.797 bits per heavy atom. The molecule has 1 aliphatic carbocycles. The van der Waals surface area contributed by atoms with Crippen molar-refractivity contribution in [2.45, 2.75) is 96.3 Å². The summed E-state index contributed by atoms with van der Waals surface area (Å²) in [5, 5.41) is 2.61. The average molecular weight is 807 g/mol. The molecule has 0 atom stereocenters. The predicted molar refractivity (Wildman–Crippen MR) is 264 cm³/mol. The van der Waals surface area contributed by atoms with Gasteiger partial charge in [0.1, 0.15) is 0 Å². The number of anilines is 6. The first kappa shape index (κ1) is 40.6. The fourth-order valence-corrected chi connectivity index (χ4v) is 23.5. The lowest BCUT2D eigenvalue weighted by Gasteiger charge is -2.51. The van der Waals surface area contributed by atoms with Gasteiger partial charge in [-0.25, -0.2) is 0 Å². The molecule has 0 heterocycles. The molecule has 0 radical (unpaired) electrons. The highest BCUT2D eigenvalue weighted by molar-refractivity contribution is 6.99. The van der Waals surface area contributed by atoms with E-state index in [1.807, 2.05) is 0 Å². The molecule has 0 unspecified atom stereocenters. The van der Waals surface area contributed by atoms with Crippen LogP contribution in [0, 0.1) is 0 Å². The van der Waals surface area contributed by atoms with Gasteiger partial charge in [-0.3, -0.25) is 0 Å². The van der Waals surface area contributed by atoms with Crippen molar-refractivity contribution < 1.29 is 0 Å². The van der Waals surface area contributed by atoms with Crippen molar-refractivity contribution in [3.05, 3.63) is 180 Å². The van der Waals surface area contributed by atoms with Gasteiger partial charge >= 0.3 is 0 Å². The Hall–Kier alpha value is -5.17. The van der Waals surface area contributed by atoms with Crippen LogP contribution >= 0.6 is 0 Å². The number of fused-ring (bicyclic) bond motifs is 5. The SMILES string of the molecule is CC(C)(C)c1ccc(N(c2ccccc2)c2ccc3c(c2)C([Si](C)(C)C)([Si](C)(C)C)c2cc(N(c4ccccc4)c4ccc(C(C)(C)C)cc4)c4ccccc4c2-3)cc1. The molecule has 7 aromatic rings. The third-order valence-corrected chi connectivity index (χ3v) is 22.9. The van der Waals surface area contributed by atoms with Crippen LogP contribution < -0.4 is 9.80 Å². The molecule has 0 saturated carbocycles. The van der Waals surface area contributed by atoms with Gasteiger partial charge in [-0.05, 0) is 116 Å². The second kappa shape index (κ2) is 14.5. The number of nitrogens with zero attached hydrogens (tertiary/aromatic N) is 2. The van der Waals surface area contributed by atoms with Gasteiger partial charge in [-0.1, -0.05) is 172 Å². The smallest absolute Gasteiger partial charge is 0.0579 e. The van der Waals surface area contributed by atoms with Gasteiger partial charge in [0.2, 0.25) is 0 Å². The third-order valence-electron chi connectivity index (χ3n) is 12.9. The van der Waals surface area contributed by atoms with E-state index in [1.54, 1.807) is 0 Å². The summed E-state index contributed by atoms with van der Waals surface area (Å²) in [6.07, 6.45) is 0. The van der Waals surface area contributed by atoms with E-state index in [9.17, 15) is 0 Å². The summed E-state index contributed by atoms with van der Waals surface area (Å²) in [6, 6.07) is 59.7. The van der Waals surface area contributed by atoms with Crippen molar-refractivity contribution in [2.24, 2.45) is 0 Å². The quantitative estimate of drug-likeness (QED) is 0.141. The van der Waals surface area contributed by atoms with Crippen LogP contribution in [0.2, 0.25) is 39.3 Å². The first-order valence-corrected chi connectivity index (χ1v) is 28.4. The Morgan fingerprint density at radius 1 is 0.390 bits per heavy atom. The lowest BCUT2D eigenvalue weighted by Crippen LogP contribution is -2.63. The molecule has 0 saturated heterocycles. The zero-order chi connectivity index (χ0) is 42.1. The summed E-state index contributed by atoms with van der Waals surface area (Å²) in [5.74, 6) is 0. The maximum absolute atomic E-state index is 2.64. The van der Waals surface area contributed by atoms with Crippen molar-refractivity contribution in [3.63, 3.8) is 0 Å². The lowest BCUT2D eigenvalue weighted by atomic mass is 9.87. The van der Waals surface area contributed by atoms with E-state index >= 15 is 0 Å². The van der Waals surface area contributed by atoms with Gasteiger partial charge in [-0.2, -0.15) is 0 Å². The Kier molecular flexibility index (Phi) is 10.0. The maximum atomic E-state index is 2.64. The molecule has 1 aliphatic rings.